The molecular weight excluding hydrogens is 446 g/mol. The van der Waals surface area contributed by atoms with Gasteiger partial charge in [-0.25, -0.2) is 0 Å². The van der Waals surface area contributed by atoms with Crippen LogP contribution in [-0.2, 0) is 25.6 Å². The zero-order valence-corrected chi connectivity index (χ0v) is 19.5. The number of carboxylic acids is 1. The molecule has 2 rings (SSSR count). The summed E-state index contributed by atoms with van der Waals surface area (Å²) in [4.78, 5) is 51.7. The topological polar surface area (TPSA) is 166 Å². The van der Waals surface area contributed by atoms with Crippen LogP contribution in [-0.4, -0.2) is 64.2 Å². The van der Waals surface area contributed by atoms with Crippen molar-refractivity contribution < 1.29 is 24.3 Å². The van der Waals surface area contributed by atoms with E-state index in [0.29, 0.717) is 6.42 Å². The first kappa shape index (κ1) is 26.2. The van der Waals surface area contributed by atoms with E-state index in [0.717, 1.165) is 16.5 Å². The van der Waals surface area contributed by atoms with E-state index < -0.39 is 48.4 Å². The van der Waals surface area contributed by atoms with Gasteiger partial charge in [-0.3, -0.25) is 19.2 Å². The van der Waals surface area contributed by atoms with Crippen molar-refractivity contribution in [3.63, 3.8) is 0 Å². The molecule has 0 aliphatic rings. The number of aliphatic carboxylic acids is 1. The van der Waals surface area contributed by atoms with Gasteiger partial charge in [0.2, 0.25) is 17.7 Å². The lowest BCUT2D eigenvalue weighted by atomic mass is 9.97. The number of thiol groups is 1. The molecule has 7 N–H and O–H groups in total. The fourth-order valence-electron chi connectivity index (χ4n) is 3.33. The highest BCUT2D eigenvalue weighted by atomic mass is 32.1. The third-order valence-corrected chi connectivity index (χ3v) is 5.84. The SMILES string of the molecule is CCC(C)C(NC(=O)C(N)Cc1c[nH]c2ccccc12)C(=O)NC(CS)C(=O)NCC(=O)O. The lowest BCUT2D eigenvalue weighted by Gasteiger charge is -2.27. The monoisotopic (exact) mass is 477 g/mol. The number of carbonyl (C=O) groups excluding carboxylic acids is 3. The second kappa shape index (κ2) is 12.3. The molecule has 10 nitrogen and oxygen atoms in total. The van der Waals surface area contributed by atoms with Crippen molar-refractivity contribution in [2.24, 2.45) is 11.7 Å². The van der Waals surface area contributed by atoms with E-state index in [-0.39, 0.29) is 18.1 Å². The fraction of sp³-hybridized carbons (Fsp3) is 0.455. The van der Waals surface area contributed by atoms with Gasteiger partial charge >= 0.3 is 5.97 Å². The Bertz CT molecular complexity index is 994. The van der Waals surface area contributed by atoms with Gasteiger partial charge in [0.15, 0.2) is 0 Å². The van der Waals surface area contributed by atoms with Gasteiger partial charge in [0.05, 0.1) is 6.04 Å². The second-order valence-corrected chi connectivity index (χ2v) is 8.26. The number of amides is 3. The van der Waals surface area contributed by atoms with Crippen molar-refractivity contribution >= 4 is 47.2 Å². The molecule has 1 aromatic heterocycles. The Hall–Kier alpha value is -3.05. The molecule has 33 heavy (non-hydrogen) atoms. The summed E-state index contributed by atoms with van der Waals surface area (Å²) >= 11 is 4.07. The van der Waals surface area contributed by atoms with E-state index in [2.05, 4.69) is 33.6 Å². The van der Waals surface area contributed by atoms with Gasteiger partial charge in [0, 0.05) is 22.9 Å². The number of para-hydroxylation sites is 1. The summed E-state index contributed by atoms with van der Waals surface area (Å²) in [5.41, 5.74) is 7.98. The van der Waals surface area contributed by atoms with Gasteiger partial charge in [0.25, 0.3) is 0 Å². The van der Waals surface area contributed by atoms with Crippen LogP contribution in [0, 0.1) is 5.92 Å². The molecule has 1 aromatic carbocycles. The summed E-state index contributed by atoms with van der Waals surface area (Å²) in [6, 6.07) is 4.81. The highest BCUT2D eigenvalue weighted by molar-refractivity contribution is 7.80. The van der Waals surface area contributed by atoms with Crippen LogP contribution < -0.4 is 21.7 Å². The van der Waals surface area contributed by atoms with E-state index in [1.807, 2.05) is 37.4 Å². The van der Waals surface area contributed by atoms with Crippen LogP contribution in [0.2, 0.25) is 0 Å². The average molecular weight is 478 g/mol. The standard InChI is InChI=1S/C22H31N5O5S/c1-3-12(2)19(22(32)26-17(11-33)21(31)25-10-18(28)29)27-20(30)15(23)8-13-9-24-16-7-5-4-6-14(13)16/h4-7,9,12,15,17,19,24,33H,3,8,10-11,23H2,1-2H3,(H,25,31)(H,26,32)(H,27,30)(H,28,29). The summed E-state index contributed by atoms with van der Waals surface area (Å²) < 4.78 is 0. The quantitative estimate of drug-likeness (QED) is 0.215. The number of hydrogen-bond donors (Lipinski definition) is 7. The lowest BCUT2D eigenvalue weighted by molar-refractivity contribution is -0.138. The summed E-state index contributed by atoms with van der Waals surface area (Å²) in [6.45, 7) is 3.10. The molecule has 0 aliphatic carbocycles. The van der Waals surface area contributed by atoms with Crippen LogP contribution in [0.25, 0.3) is 10.9 Å². The summed E-state index contributed by atoms with van der Waals surface area (Å²) in [5.74, 6) is -3.22. The van der Waals surface area contributed by atoms with Crippen molar-refractivity contribution in [3.8, 4) is 0 Å². The summed E-state index contributed by atoms with van der Waals surface area (Å²) in [7, 11) is 0. The van der Waals surface area contributed by atoms with Crippen LogP contribution in [0.5, 0.6) is 0 Å². The lowest BCUT2D eigenvalue weighted by Crippen LogP contribution is -2.58. The van der Waals surface area contributed by atoms with Crippen molar-refractivity contribution in [2.45, 2.75) is 44.8 Å². The Morgan fingerprint density at radius 2 is 1.82 bits per heavy atom. The number of benzene rings is 1. The highest BCUT2D eigenvalue weighted by Crippen LogP contribution is 2.19. The first-order chi connectivity index (χ1) is 15.7. The molecule has 0 bridgehead atoms. The van der Waals surface area contributed by atoms with E-state index in [1.54, 1.807) is 6.92 Å². The summed E-state index contributed by atoms with van der Waals surface area (Å²) in [5, 5.41) is 17.1. The predicted molar refractivity (Wildman–Crippen MR) is 128 cm³/mol. The summed E-state index contributed by atoms with van der Waals surface area (Å²) in [6.07, 6.45) is 2.68. The number of carbonyl (C=O) groups is 4. The van der Waals surface area contributed by atoms with Crippen molar-refractivity contribution in [1.82, 2.24) is 20.9 Å². The molecule has 0 radical (unpaired) electrons. The maximum Gasteiger partial charge on any atom is 0.322 e. The normalized spacial score (nSPS) is 14.7. The molecule has 4 unspecified atom stereocenters. The van der Waals surface area contributed by atoms with Gasteiger partial charge in [0.1, 0.15) is 18.6 Å². The Labute approximate surface area is 197 Å². The molecular formula is C22H31N5O5S. The Morgan fingerprint density at radius 3 is 2.45 bits per heavy atom. The molecule has 2 aromatic rings. The Morgan fingerprint density at radius 1 is 1.12 bits per heavy atom. The third kappa shape index (κ3) is 7.22. The van der Waals surface area contributed by atoms with Crippen LogP contribution in [0.15, 0.2) is 30.5 Å². The molecule has 3 amide bonds. The van der Waals surface area contributed by atoms with Crippen LogP contribution in [0.3, 0.4) is 0 Å². The largest absolute Gasteiger partial charge is 0.480 e. The minimum absolute atomic E-state index is 0.0432. The maximum atomic E-state index is 12.9. The maximum absolute atomic E-state index is 12.9. The zero-order chi connectivity index (χ0) is 24.5. The minimum Gasteiger partial charge on any atom is -0.480 e. The number of aromatic nitrogens is 1. The first-order valence-electron chi connectivity index (χ1n) is 10.7. The van der Waals surface area contributed by atoms with E-state index in [4.69, 9.17) is 10.8 Å². The van der Waals surface area contributed by atoms with Gasteiger partial charge in [-0.1, -0.05) is 38.5 Å². The minimum atomic E-state index is -1.21. The molecule has 1 heterocycles. The molecule has 180 valence electrons. The fourth-order valence-corrected chi connectivity index (χ4v) is 3.59. The van der Waals surface area contributed by atoms with Crippen LogP contribution in [0.4, 0.5) is 0 Å². The van der Waals surface area contributed by atoms with Gasteiger partial charge in [-0.2, -0.15) is 12.6 Å². The van der Waals surface area contributed by atoms with E-state index in [1.165, 1.54) is 0 Å². The molecule has 0 fully saturated rings. The smallest absolute Gasteiger partial charge is 0.322 e. The Kier molecular flexibility index (Phi) is 9.74. The number of H-pyrrole nitrogens is 1. The number of rotatable bonds is 12. The number of carboxylic acid groups (broad SMARTS) is 1. The number of hydrogen-bond acceptors (Lipinski definition) is 6. The molecule has 0 saturated heterocycles. The van der Waals surface area contributed by atoms with Gasteiger partial charge in [-0.05, 0) is 24.0 Å². The number of fused-ring (bicyclic) bond motifs is 1. The average Bonchev–Trinajstić information content (AvgIpc) is 3.21. The predicted octanol–water partition coefficient (Wildman–Crippen LogP) is 0.184. The number of nitrogens with two attached hydrogens (primary N) is 1. The van der Waals surface area contributed by atoms with Crippen molar-refractivity contribution in [2.75, 3.05) is 12.3 Å². The molecule has 0 saturated carbocycles. The highest BCUT2D eigenvalue weighted by Gasteiger charge is 2.31. The van der Waals surface area contributed by atoms with E-state index >= 15 is 0 Å². The van der Waals surface area contributed by atoms with Gasteiger partial charge in [-0.15, -0.1) is 0 Å². The third-order valence-electron chi connectivity index (χ3n) is 5.47. The molecule has 11 heteroatoms. The number of nitrogens with one attached hydrogen (secondary N) is 4. The second-order valence-electron chi connectivity index (χ2n) is 7.90. The van der Waals surface area contributed by atoms with Crippen molar-refractivity contribution in [3.05, 3.63) is 36.0 Å². The van der Waals surface area contributed by atoms with E-state index in [9.17, 15) is 19.2 Å². The first-order valence-corrected chi connectivity index (χ1v) is 11.3. The van der Waals surface area contributed by atoms with Crippen LogP contribution >= 0.6 is 12.6 Å². The number of aromatic amines is 1. The zero-order valence-electron chi connectivity index (χ0n) is 18.6. The molecule has 0 spiro atoms. The van der Waals surface area contributed by atoms with Gasteiger partial charge < -0.3 is 31.8 Å². The Balaban J connectivity index is 2.05. The molecule has 4 atom stereocenters. The molecule has 0 aliphatic heterocycles. The van der Waals surface area contributed by atoms with Crippen molar-refractivity contribution in [1.29, 1.82) is 0 Å². The van der Waals surface area contributed by atoms with Crippen LogP contribution in [0.1, 0.15) is 25.8 Å².